The van der Waals surface area contributed by atoms with E-state index < -0.39 is 0 Å². The van der Waals surface area contributed by atoms with Crippen LogP contribution >= 0.6 is 0 Å². The summed E-state index contributed by atoms with van der Waals surface area (Å²) in [6, 6.07) is 18.4. The van der Waals surface area contributed by atoms with E-state index in [1.54, 1.807) is 0 Å². The van der Waals surface area contributed by atoms with Crippen LogP contribution in [-0.2, 0) is 0 Å². The number of nitrogens with two attached hydrogens (primary N) is 1. The Hall–Kier alpha value is -1.96. The van der Waals surface area contributed by atoms with Crippen molar-refractivity contribution >= 4 is 17.1 Å². The standard InChI is InChI=1S/C12H11N2/c13-11-8-4-5-9-12(11)14-10-6-2-1-3-7-10/h1-6,8-9,14H,13H2. The fraction of sp³-hybridized carbons (Fsp3) is 0. The zero-order chi connectivity index (χ0) is 9.80. The Labute approximate surface area is 83.4 Å². The molecule has 0 unspecified atom stereocenters. The molecule has 0 saturated carbocycles. The average molecular weight is 183 g/mol. The maximum atomic E-state index is 5.79. The number of rotatable bonds is 2. The normalized spacial score (nSPS) is 9.71. The Morgan fingerprint density at radius 1 is 1.00 bits per heavy atom. The number of anilines is 3. The lowest BCUT2D eigenvalue weighted by molar-refractivity contribution is 1.54. The Bertz CT molecular complexity index is 410. The predicted octanol–water partition coefficient (Wildman–Crippen LogP) is 2.81. The monoisotopic (exact) mass is 183 g/mol. The molecule has 2 nitrogen and oxygen atoms in total. The van der Waals surface area contributed by atoms with E-state index in [4.69, 9.17) is 5.73 Å². The summed E-state index contributed by atoms with van der Waals surface area (Å²) < 4.78 is 0. The van der Waals surface area contributed by atoms with E-state index in [-0.39, 0.29) is 0 Å². The van der Waals surface area contributed by atoms with Crippen molar-refractivity contribution in [2.24, 2.45) is 0 Å². The molecule has 2 heteroatoms. The average Bonchev–Trinajstić information content (AvgIpc) is 2.23. The molecule has 0 aliphatic carbocycles. The first-order valence-corrected chi connectivity index (χ1v) is 4.44. The lowest BCUT2D eigenvalue weighted by Crippen LogP contribution is -1.95. The molecule has 0 bridgehead atoms. The molecule has 0 fully saturated rings. The number of benzene rings is 2. The lowest BCUT2D eigenvalue weighted by atomic mass is 10.2. The van der Waals surface area contributed by atoms with Gasteiger partial charge in [0.2, 0.25) is 0 Å². The molecule has 3 N–H and O–H groups in total. The molecule has 2 rings (SSSR count). The molecule has 1 radical (unpaired) electrons. The van der Waals surface area contributed by atoms with Gasteiger partial charge in [-0.25, -0.2) is 0 Å². The third-order valence-electron chi connectivity index (χ3n) is 1.94. The second kappa shape index (κ2) is 3.83. The lowest BCUT2D eigenvalue weighted by Gasteiger charge is -2.07. The predicted molar refractivity (Wildman–Crippen MR) is 59.4 cm³/mol. The van der Waals surface area contributed by atoms with Gasteiger partial charge in [0.15, 0.2) is 0 Å². The topological polar surface area (TPSA) is 38.0 Å². The van der Waals surface area contributed by atoms with Gasteiger partial charge in [-0.1, -0.05) is 30.3 Å². The van der Waals surface area contributed by atoms with Crippen LogP contribution in [0.4, 0.5) is 17.1 Å². The summed E-state index contributed by atoms with van der Waals surface area (Å²) in [5.41, 5.74) is 8.37. The van der Waals surface area contributed by atoms with Crippen molar-refractivity contribution in [1.82, 2.24) is 0 Å². The molecule has 0 aliphatic rings. The molecule has 0 atom stereocenters. The molecule has 14 heavy (non-hydrogen) atoms. The third-order valence-corrected chi connectivity index (χ3v) is 1.94. The van der Waals surface area contributed by atoms with Crippen LogP contribution in [0.5, 0.6) is 0 Å². The van der Waals surface area contributed by atoms with Gasteiger partial charge in [-0.2, -0.15) is 0 Å². The first-order chi connectivity index (χ1) is 6.86. The quantitative estimate of drug-likeness (QED) is 0.702. The van der Waals surface area contributed by atoms with Gasteiger partial charge in [0.1, 0.15) is 0 Å². The van der Waals surface area contributed by atoms with Crippen LogP contribution in [0.3, 0.4) is 0 Å². The van der Waals surface area contributed by atoms with Crippen LogP contribution in [-0.4, -0.2) is 0 Å². The van der Waals surface area contributed by atoms with Gasteiger partial charge < -0.3 is 11.1 Å². The van der Waals surface area contributed by atoms with E-state index in [2.05, 4.69) is 11.4 Å². The van der Waals surface area contributed by atoms with Crippen molar-refractivity contribution in [3.63, 3.8) is 0 Å². The van der Waals surface area contributed by atoms with Crippen molar-refractivity contribution in [1.29, 1.82) is 0 Å². The SMILES string of the molecule is Nc1ccccc1Nc1[c]cccc1. The second-order valence-electron chi connectivity index (χ2n) is 2.99. The number of para-hydroxylation sites is 3. The highest BCUT2D eigenvalue weighted by atomic mass is 14.9. The summed E-state index contributed by atoms with van der Waals surface area (Å²) in [5, 5.41) is 3.19. The van der Waals surface area contributed by atoms with Crippen LogP contribution < -0.4 is 11.1 Å². The van der Waals surface area contributed by atoms with Crippen LogP contribution in [0.15, 0.2) is 48.5 Å². The zero-order valence-corrected chi connectivity index (χ0v) is 7.70. The Kier molecular flexibility index (Phi) is 2.36. The van der Waals surface area contributed by atoms with Gasteiger partial charge in [-0.05, 0) is 18.2 Å². The molecule has 0 aliphatic heterocycles. The van der Waals surface area contributed by atoms with Crippen molar-refractivity contribution in [2.75, 3.05) is 11.1 Å². The van der Waals surface area contributed by atoms with Crippen molar-refractivity contribution < 1.29 is 0 Å². The maximum absolute atomic E-state index is 5.79. The Morgan fingerprint density at radius 2 is 1.79 bits per heavy atom. The van der Waals surface area contributed by atoms with E-state index in [1.165, 1.54) is 0 Å². The first kappa shape index (κ1) is 8.63. The van der Waals surface area contributed by atoms with Crippen molar-refractivity contribution in [3.05, 3.63) is 54.6 Å². The second-order valence-corrected chi connectivity index (χ2v) is 2.99. The van der Waals surface area contributed by atoms with Gasteiger partial charge in [-0.3, -0.25) is 0 Å². The summed E-state index contributed by atoms with van der Waals surface area (Å²) in [4.78, 5) is 0. The van der Waals surface area contributed by atoms with Gasteiger partial charge in [0, 0.05) is 11.8 Å². The molecule has 0 heterocycles. The molecule has 2 aromatic rings. The highest BCUT2D eigenvalue weighted by Gasteiger charge is 1.96. The third kappa shape index (κ3) is 1.85. The van der Waals surface area contributed by atoms with Gasteiger partial charge in [-0.15, -0.1) is 0 Å². The van der Waals surface area contributed by atoms with E-state index in [0.717, 1.165) is 17.1 Å². The molecule has 0 saturated heterocycles. The van der Waals surface area contributed by atoms with Crippen LogP contribution in [0.25, 0.3) is 0 Å². The summed E-state index contributed by atoms with van der Waals surface area (Å²) in [5.74, 6) is 0. The Morgan fingerprint density at radius 3 is 2.50 bits per heavy atom. The van der Waals surface area contributed by atoms with Crippen molar-refractivity contribution in [3.8, 4) is 0 Å². The highest BCUT2D eigenvalue weighted by Crippen LogP contribution is 2.21. The van der Waals surface area contributed by atoms with Crippen LogP contribution in [0.2, 0.25) is 0 Å². The fourth-order valence-electron chi connectivity index (χ4n) is 1.23. The number of nitrogens with one attached hydrogen (secondary N) is 1. The smallest absolute Gasteiger partial charge is 0.0618 e. The summed E-state index contributed by atoms with van der Waals surface area (Å²) in [6.45, 7) is 0. The minimum atomic E-state index is 0.741. The zero-order valence-electron chi connectivity index (χ0n) is 7.70. The number of nitrogen functional groups attached to an aromatic ring is 1. The number of hydrogen-bond donors (Lipinski definition) is 2. The Balaban J connectivity index is 2.24. The first-order valence-electron chi connectivity index (χ1n) is 4.44. The van der Waals surface area contributed by atoms with E-state index >= 15 is 0 Å². The van der Waals surface area contributed by atoms with E-state index in [9.17, 15) is 0 Å². The molecular weight excluding hydrogens is 172 g/mol. The largest absolute Gasteiger partial charge is 0.397 e. The van der Waals surface area contributed by atoms with Crippen LogP contribution in [0, 0.1) is 6.07 Å². The van der Waals surface area contributed by atoms with Gasteiger partial charge in [0.05, 0.1) is 11.4 Å². The molecule has 0 spiro atoms. The summed E-state index contributed by atoms with van der Waals surface area (Å²) in [7, 11) is 0. The van der Waals surface area contributed by atoms with E-state index in [0.29, 0.717) is 0 Å². The minimum Gasteiger partial charge on any atom is -0.397 e. The van der Waals surface area contributed by atoms with E-state index in [1.807, 2.05) is 48.5 Å². The molecule has 69 valence electrons. The summed E-state index contributed by atoms with van der Waals surface area (Å²) >= 11 is 0. The van der Waals surface area contributed by atoms with Crippen molar-refractivity contribution in [2.45, 2.75) is 0 Å². The highest BCUT2D eigenvalue weighted by molar-refractivity contribution is 5.71. The maximum Gasteiger partial charge on any atom is 0.0618 e. The molecule has 0 amide bonds. The van der Waals surface area contributed by atoms with Crippen LogP contribution in [0.1, 0.15) is 0 Å². The number of hydrogen-bond acceptors (Lipinski definition) is 2. The van der Waals surface area contributed by atoms with Gasteiger partial charge in [0.25, 0.3) is 0 Å². The molecule has 2 aromatic carbocycles. The fourth-order valence-corrected chi connectivity index (χ4v) is 1.23. The molecular formula is C12H11N2. The molecule has 0 aromatic heterocycles. The summed E-state index contributed by atoms with van der Waals surface area (Å²) in [6.07, 6.45) is 0. The minimum absolute atomic E-state index is 0.741. The van der Waals surface area contributed by atoms with Gasteiger partial charge >= 0.3 is 0 Å².